The van der Waals surface area contributed by atoms with E-state index in [0.29, 0.717) is 6.54 Å². The molecule has 1 N–H and O–H groups in total. The summed E-state index contributed by atoms with van der Waals surface area (Å²) in [4.78, 5) is 0. The van der Waals surface area contributed by atoms with Crippen molar-refractivity contribution in [2.24, 2.45) is 7.05 Å². The second-order valence-corrected chi connectivity index (χ2v) is 4.71. The maximum absolute atomic E-state index is 6.25. The lowest BCUT2D eigenvalue weighted by Crippen LogP contribution is -2.05. The molecule has 0 bridgehead atoms. The largest absolute Gasteiger partial charge is 0.379 e. The van der Waals surface area contributed by atoms with E-state index in [0.717, 1.165) is 28.5 Å². The Kier molecular flexibility index (Phi) is 3.51. The lowest BCUT2D eigenvalue weighted by molar-refractivity contribution is 0.707. The molecule has 0 aliphatic carbocycles. The number of rotatable bonds is 4. The van der Waals surface area contributed by atoms with Gasteiger partial charge in [-0.3, -0.25) is 4.68 Å². The highest BCUT2D eigenvalue weighted by Crippen LogP contribution is 2.22. The Bertz CT molecular complexity index is 462. The number of nitrogens with one attached hydrogen (secondary N) is 1. The molecule has 0 amide bonds. The van der Waals surface area contributed by atoms with Crippen LogP contribution in [0.5, 0.6) is 0 Å². The summed E-state index contributed by atoms with van der Waals surface area (Å²) >= 11 is 7.92. The standard InChI is InChI=1S/C11H14ClN3S/c1-3-9-11(12)10(15(2)14-9)6-13-8-4-5-16-7-8/h4-5,7,13H,3,6H2,1-2H3. The first kappa shape index (κ1) is 11.5. The monoisotopic (exact) mass is 255 g/mol. The van der Waals surface area contributed by atoms with Gasteiger partial charge in [0.15, 0.2) is 0 Å². The Morgan fingerprint density at radius 1 is 1.56 bits per heavy atom. The summed E-state index contributed by atoms with van der Waals surface area (Å²) in [6, 6.07) is 2.05. The van der Waals surface area contributed by atoms with Crippen LogP contribution in [0.3, 0.4) is 0 Å². The van der Waals surface area contributed by atoms with Crippen LogP contribution in [-0.2, 0) is 20.0 Å². The fourth-order valence-corrected chi connectivity index (χ4v) is 2.54. The van der Waals surface area contributed by atoms with Crippen LogP contribution in [0.4, 0.5) is 5.69 Å². The van der Waals surface area contributed by atoms with E-state index in [2.05, 4.69) is 28.8 Å². The lowest BCUT2D eigenvalue weighted by Gasteiger charge is -2.04. The third-order valence-corrected chi connectivity index (χ3v) is 3.60. The van der Waals surface area contributed by atoms with E-state index >= 15 is 0 Å². The van der Waals surface area contributed by atoms with Crippen molar-refractivity contribution in [3.05, 3.63) is 33.2 Å². The highest BCUT2D eigenvalue weighted by atomic mass is 35.5. The summed E-state index contributed by atoms with van der Waals surface area (Å²) in [5.41, 5.74) is 3.12. The summed E-state index contributed by atoms with van der Waals surface area (Å²) in [7, 11) is 1.93. The summed E-state index contributed by atoms with van der Waals surface area (Å²) < 4.78 is 1.85. The van der Waals surface area contributed by atoms with Gasteiger partial charge in [0.1, 0.15) is 0 Å². The molecule has 2 aromatic heterocycles. The van der Waals surface area contributed by atoms with Gasteiger partial charge in [-0.25, -0.2) is 0 Å². The van der Waals surface area contributed by atoms with E-state index in [4.69, 9.17) is 11.6 Å². The number of hydrogen-bond acceptors (Lipinski definition) is 3. The zero-order chi connectivity index (χ0) is 11.5. The Morgan fingerprint density at radius 2 is 2.38 bits per heavy atom. The van der Waals surface area contributed by atoms with Crippen molar-refractivity contribution in [1.29, 1.82) is 0 Å². The Morgan fingerprint density at radius 3 is 2.94 bits per heavy atom. The molecule has 0 spiro atoms. The van der Waals surface area contributed by atoms with Crippen molar-refractivity contribution in [3.63, 3.8) is 0 Å². The summed E-state index contributed by atoms with van der Waals surface area (Å²) in [6.45, 7) is 2.77. The van der Waals surface area contributed by atoms with Gasteiger partial charge in [-0.2, -0.15) is 16.4 Å². The summed E-state index contributed by atoms with van der Waals surface area (Å²) in [6.07, 6.45) is 0.866. The van der Waals surface area contributed by atoms with Crippen LogP contribution in [0.25, 0.3) is 0 Å². The predicted octanol–water partition coefficient (Wildman–Crippen LogP) is 3.31. The van der Waals surface area contributed by atoms with Crippen LogP contribution in [0.15, 0.2) is 16.8 Å². The Hall–Kier alpha value is -1.00. The molecule has 0 aliphatic heterocycles. The second-order valence-electron chi connectivity index (χ2n) is 3.55. The molecule has 0 atom stereocenters. The molecule has 0 aromatic carbocycles. The van der Waals surface area contributed by atoms with Crippen LogP contribution in [0.2, 0.25) is 5.02 Å². The van der Waals surface area contributed by atoms with Crippen LogP contribution < -0.4 is 5.32 Å². The Balaban J connectivity index is 2.12. The highest BCUT2D eigenvalue weighted by molar-refractivity contribution is 7.08. The third-order valence-electron chi connectivity index (χ3n) is 2.48. The summed E-state index contributed by atoms with van der Waals surface area (Å²) in [5.74, 6) is 0. The van der Waals surface area contributed by atoms with Gasteiger partial charge in [0.2, 0.25) is 0 Å². The number of aryl methyl sites for hydroxylation is 2. The van der Waals surface area contributed by atoms with E-state index in [9.17, 15) is 0 Å². The minimum Gasteiger partial charge on any atom is -0.379 e. The number of thiophene rings is 1. The summed E-state index contributed by atoms with van der Waals surface area (Å²) in [5, 5.41) is 12.6. The first-order valence-corrected chi connectivity index (χ1v) is 6.50. The first-order valence-electron chi connectivity index (χ1n) is 5.18. The number of halogens is 1. The highest BCUT2D eigenvalue weighted by Gasteiger charge is 2.12. The number of aromatic nitrogens is 2. The number of anilines is 1. The molecule has 5 heteroatoms. The zero-order valence-electron chi connectivity index (χ0n) is 9.33. The van der Waals surface area contributed by atoms with E-state index in [1.54, 1.807) is 11.3 Å². The fourth-order valence-electron chi connectivity index (χ4n) is 1.56. The Labute approximate surface area is 104 Å². The van der Waals surface area contributed by atoms with Gasteiger partial charge < -0.3 is 5.32 Å². The van der Waals surface area contributed by atoms with Crippen LogP contribution >= 0.6 is 22.9 Å². The SMILES string of the molecule is CCc1nn(C)c(CNc2ccsc2)c1Cl. The maximum atomic E-state index is 6.25. The molecule has 2 aromatic rings. The van der Waals surface area contributed by atoms with Crippen molar-refractivity contribution in [1.82, 2.24) is 9.78 Å². The third kappa shape index (κ3) is 2.23. The van der Waals surface area contributed by atoms with Crippen LogP contribution in [-0.4, -0.2) is 9.78 Å². The molecule has 0 unspecified atom stereocenters. The number of hydrogen-bond donors (Lipinski definition) is 1. The van der Waals surface area contributed by atoms with Gasteiger partial charge in [0.05, 0.1) is 23.0 Å². The maximum Gasteiger partial charge on any atom is 0.0868 e. The molecule has 0 fully saturated rings. The molecule has 0 saturated carbocycles. The van der Waals surface area contributed by atoms with Crippen molar-refractivity contribution in [3.8, 4) is 0 Å². The van der Waals surface area contributed by atoms with Gasteiger partial charge in [0, 0.05) is 18.1 Å². The van der Waals surface area contributed by atoms with E-state index in [1.807, 2.05) is 17.1 Å². The molecule has 0 aliphatic rings. The molecule has 2 heterocycles. The molecule has 2 rings (SSSR count). The second kappa shape index (κ2) is 4.89. The van der Waals surface area contributed by atoms with Gasteiger partial charge in [-0.1, -0.05) is 18.5 Å². The normalized spacial score (nSPS) is 10.7. The van der Waals surface area contributed by atoms with Gasteiger partial charge in [0.25, 0.3) is 0 Å². The average molecular weight is 256 g/mol. The molecular formula is C11H14ClN3S. The van der Waals surface area contributed by atoms with Crippen LogP contribution in [0.1, 0.15) is 18.3 Å². The molecule has 16 heavy (non-hydrogen) atoms. The zero-order valence-corrected chi connectivity index (χ0v) is 10.9. The number of nitrogens with zero attached hydrogens (tertiary/aromatic N) is 2. The van der Waals surface area contributed by atoms with E-state index < -0.39 is 0 Å². The quantitative estimate of drug-likeness (QED) is 0.909. The smallest absolute Gasteiger partial charge is 0.0868 e. The molecule has 0 saturated heterocycles. The van der Waals surface area contributed by atoms with Gasteiger partial charge >= 0.3 is 0 Å². The minimum atomic E-state index is 0.707. The molecule has 86 valence electrons. The van der Waals surface area contributed by atoms with Crippen LogP contribution in [0, 0.1) is 0 Å². The fraction of sp³-hybridized carbons (Fsp3) is 0.364. The minimum absolute atomic E-state index is 0.707. The molecule has 0 radical (unpaired) electrons. The van der Waals surface area contributed by atoms with Crippen molar-refractivity contribution < 1.29 is 0 Å². The van der Waals surface area contributed by atoms with E-state index in [-0.39, 0.29) is 0 Å². The average Bonchev–Trinajstić information content (AvgIpc) is 2.86. The van der Waals surface area contributed by atoms with Crippen molar-refractivity contribution in [2.75, 3.05) is 5.32 Å². The van der Waals surface area contributed by atoms with Crippen molar-refractivity contribution >= 4 is 28.6 Å². The topological polar surface area (TPSA) is 29.9 Å². The van der Waals surface area contributed by atoms with Gasteiger partial charge in [-0.05, 0) is 17.9 Å². The first-order chi connectivity index (χ1) is 7.72. The van der Waals surface area contributed by atoms with Gasteiger partial charge in [-0.15, -0.1) is 0 Å². The molecular weight excluding hydrogens is 242 g/mol. The molecule has 3 nitrogen and oxygen atoms in total. The lowest BCUT2D eigenvalue weighted by atomic mass is 10.3. The predicted molar refractivity (Wildman–Crippen MR) is 69.2 cm³/mol. The van der Waals surface area contributed by atoms with Crippen molar-refractivity contribution in [2.45, 2.75) is 19.9 Å². The van der Waals surface area contributed by atoms with E-state index in [1.165, 1.54) is 0 Å².